The molecule has 18 heavy (non-hydrogen) atoms. The molecule has 2 unspecified atom stereocenters. The number of halogens is 1. The normalized spacial score (nSPS) is 26.7. The maximum atomic E-state index is 11.7. The highest BCUT2D eigenvalue weighted by Gasteiger charge is 2.51. The smallest absolute Gasteiger partial charge is 0.146 e. The fraction of sp³-hybridized carbons (Fsp3) is 0.500. The van der Waals surface area contributed by atoms with Gasteiger partial charge in [-0.25, -0.2) is 0 Å². The molecule has 0 spiro atoms. The van der Waals surface area contributed by atoms with E-state index in [1.807, 2.05) is 32.0 Å². The second kappa shape index (κ2) is 4.92. The summed E-state index contributed by atoms with van der Waals surface area (Å²) in [5.74, 6) is 1.82. The van der Waals surface area contributed by atoms with Crippen LogP contribution in [0.4, 0.5) is 0 Å². The Balaban J connectivity index is 2.13. The van der Waals surface area contributed by atoms with Gasteiger partial charge in [-0.1, -0.05) is 6.92 Å². The maximum absolute atomic E-state index is 11.7. The van der Waals surface area contributed by atoms with Crippen LogP contribution in [0.25, 0.3) is 0 Å². The first-order valence-corrected chi connectivity index (χ1v) is 6.84. The van der Waals surface area contributed by atoms with Crippen molar-refractivity contribution in [2.45, 2.75) is 32.8 Å². The van der Waals surface area contributed by atoms with Gasteiger partial charge in [-0.2, -0.15) is 0 Å². The van der Waals surface area contributed by atoms with Gasteiger partial charge in [-0.15, -0.1) is 0 Å². The molecule has 4 heteroatoms. The van der Waals surface area contributed by atoms with Crippen LogP contribution in [0.15, 0.2) is 22.7 Å². The Kier molecular flexibility index (Phi) is 3.66. The summed E-state index contributed by atoms with van der Waals surface area (Å²) in [6, 6.07) is 5.57. The lowest BCUT2D eigenvalue weighted by Gasteiger charge is -2.44. The molecule has 0 heterocycles. The topological polar surface area (TPSA) is 35.5 Å². The molecule has 0 N–H and O–H groups in total. The number of hydrogen-bond donors (Lipinski definition) is 0. The number of Topliss-reactive ketones (excluding diaryl/α,β-unsaturated/α-hetero) is 1. The molecule has 0 saturated heterocycles. The van der Waals surface area contributed by atoms with Crippen LogP contribution in [0, 0.1) is 5.41 Å². The van der Waals surface area contributed by atoms with Crippen LogP contribution in [-0.4, -0.2) is 19.0 Å². The molecule has 0 amide bonds. The molecule has 1 aliphatic carbocycles. The third-order valence-electron chi connectivity index (χ3n) is 3.86. The van der Waals surface area contributed by atoms with Crippen LogP contribution in [0.1, 0.15) is 26.7 Å². The monoisotopic (exact) mass is 312 g/mol. The molecule has 0 radical (unpaired) electrons. The number of carbonyl (C=O) groups is 1. The molecular weight excluding hydrogens is 296 g/mol. The van der Waals surface area contributed by atoms with E-state index < -0.39 is 0 Å². The zero-order valence-corrected chi connectivity index (χ0v) is 12.4. The summed E-state index contributed by atoms with van der Waals surface area (Å²) in [6.07, 6.45) is 1.28. The van der Waals surface area contributed by atoms with Gasteiger partial charge >= 0.3 is 0 Å². The Morgan fingerprint density at radius 2 is 2.22 bits per heavy atom. The summed E-state index contributed by atoms with van der Waals surface area (Å²) < 4.78 is 11.9. The van der Waals surface area contributed by atoms with Gasteiger partial charge in [-0.3, -0.25) is 4.79 Å². The van der Waals surface area contributed by atoms with Crippen molar-refractivity contribution >= 4 is 21.7 Å². The average Bonchev–Trinajstić information content (AvgIpc) is 2.39. The van der Waals surface area contributed by atoms with E-state index in [2.05, 4.69) is 15.9 Å². The zero-order chi connectivity index (χ0) is 13.3. The number of ketones is 1. The summed E-state index contributed by atoms with van der Waals surface area (Å²) in [7, 11) is 1.63. The van der Waals surface area contributed by atoms with Crippen molar-refractivity contribution in [1.29, 1.82) is 0 Å². The molecule has 0 aromatic heterocycles. The van der Waals surface area contributed by atoms with Crippen molar-refractivity contribution in [2.24, 2.45) is 5.41 Å². The SMILES string of the molecule is CCC1(C)C(=O)CC1Oc1ccc(OC)cc1Br. The van der Waals surface area contributed by atoms with E-state index in [-0.39, 0.29) is 11.5 Å². The van der Waals surface area contributed by atoms with Crippen LogP contribution < -0.4 is 9.47 Å². The van der Waals surface area contributed by atoms with E-state index >= 15 is 0 Å². The van der Waals surface area contributed by atoms with E-state index in [9.17, 15) is 4.79 Å². The largest absolute Gasteiger partial charge is 0.497 e. The molecule has 2 rings (SSSR count). The van der Waals surface area contributed by atoms with Crippen LogP contribution >= 0.6 is 15.9 Å². The molecule has 0 bridgehead atoms. The van der Waals surface area contributed by atoms with Gasteiger partial charge in [0.25, 0.3) is 0 Å². The van der Waals surface area contributed by atoms with Crippen molar-refractivity contribution < 1.29 is 14.3 Å². The van der Waals surface area contributed by atoms with E-state index in [1.54, 1.807) is 7.11 Å². The van der Waals surface area contributed by atoms with Crippen molar-refractivity contribution in [3.63, 3.8) is 0 Å². The number of benzene rings is 1. The van der Waals surface area contributed by atoms with Gasteiger partial charge in [0, 0.05) is 6.42 Å². The molecule has 1 aliphatic rings. The minimum Gasteiger partial charge on any atom is -0.497 e. The lowest BCUT2D eigenvalue weighted by atomic mass is 9.64. The number of methoxy groups -OCH3 is 1. The molecule has 98 valence electrons. The Labute approximate surface area is 116 Å². The maximum Gasteiger partial charge on any atom is 0.146 e. The van der Waals surface area contributed by atoms with Crippen molar-refractivity contribution in [1.82, 2.24) is 0 Å². The third kappa shape index (κ3) is 2.14. The summed E-state index contributed by atoms with van der Waals surface area (Å²) in [5, 5.41) is 0. The summed E-state index contributed by atoms with van der Waals surface area (Å²) in [5.41, 5.74) is -0.334. The first-order chi connectivity index (χ1) is 8.51. The number of ether oxygens (including phenoxy) is 2. The van der Waals surface area contributed by atoms with Crippen LogP contribution in [0.5, 0.6) is 11.5 Å². The standard InChI is InChI=1S/C14H17BrO3/c1-4-14(2)12(16)8-13(14)18-11-6-5-9(17-3)7-10(11)15/h5-7,13H,4,8H2,1-3H3. The number of carbonyl (C=O) groups excluding carboxylic acids is 1. The van der Waals surface area contributed by atoms with Crippen molar-refractivity contribution in [3.05, 3.63) is 22.7 Å². The molecule has 1 fully saturated rings. The lowest BCUT2D eigenvalue weighted by molar-refractivity contribution is -0.150. The molecule has 3 nitrogen and oxygen atoms in total. The van der Waals surface area contributed by atoms with Gasteiger partial charge in [0.05, 0.1) is 17.0 Å². The van der Waals surface area contributed by atoms with Crippen LogP contribution in [0.2, 0.25) is 0 Å². The van der Waals surface area contributed by atoms with Gasteiger partial charge in [-0.05, 0) is 47.5 Å². The average molecular weight is 313 g/mol. The van der Waals surface area contributed by atoms with Gasteiger partial charge in [0.1, 0.15) is 23.4 Å². The fourth-order valence-corrected chi connectivity index (χ4v) is 2.58. The van der Waals surface area contributed by atoms with Gasteiger partial charge < -0.3 is 9.47 Å². The molecule has 2 atom stereocenters. The quantitative estimate of drug-likeness (QED) is 0.852. The Hall–Kier alpha value is -1.03. The van der Waals surface area contributed by atoms with E-state index in [0.717, 1.165) is 22.4 Å². The number of rotatable bonds is 4. The summed E-state index contributed by atoms with van der Waals surface area (Å²) in [4.78, 5) is 11.7. The summed E-state index contributed by atoms with van der Waals surface area (Å²) >= 11 is 3.45. The predicted molar refractivity (Wildman–Crippen MR) is 73.1 cm³/mol. The van der Waals surface area contributed by atoms with Crippen molar-refractivity contribution in [2.75, 3.05) is 7.11 Å². The first-order valence-electron chi connectivity index (χ1n) is 6.04. The van der Waals surface area contributed by atoms with E-state index in [1.165, 1.54) is 0 Å². The fourth-order valence-electron chi connectivity index (χ4n) is 2.13. The molecule has 1 aromatic rings. The lowest BCUT2D eigenvalue weighted by Crippen LogP contribution is -2.54. The van der Waals surface area contributed by atoms with Crippen LogP contribution in [0.3, 0.4) is 0 Å². The predicted octanol–water partition coefficient (Wildman–Crippen LogP) is 3.59. The molecular formula is C14H17BrO3. The first kappa shape index (κ1) is 13.4. The molecule has 1 saturated carbocycles. The highest BCUT2D eigenvalue weighted by Crippen LogP contribution is 2.43. The van der Waals surface area contributed by atoms with E-state index in [0.29, 0.717) is 12.2 Å². The van der Waals surface area contributed by atoms with Gasteiger partial charge in [0.15, 0.2) is 0 Å². The Morgan fingerprint density at radius 3 is 2.72 bits per heavy atom. The minimum absolute atomic E-state index is 0.0281. The second-order valence-electron chi connectivity index (χ2n) is 4.80. The number of hydrogen-bond acceptors (Lipinski definition) is 3. The third-order valence-corrected chi connectivity index (χ3v) is 4.48. The van der Waals surface area contributed by atoms with Gasteiger partial charge in [0.2, 0.25) is 0 Å². The van der Waals surface area contributed by atoms with E-state index in [4.69, 9.17) is 9.47 Å². The Bertz CT molecular complexity index is 472. The zero-order valence-electron chi connectivity index (χ0n) is 10.8. The second-order valence-corrected chi connectivity index (χ2v) is 5.66. The summed E-state index contributed by atoms with van der Waals surface area (Å²) in [6.45, 7) is 4.00. The van der Waals surface area contributed by atoms with Crippen LogP contribution in [-0.2, 0) is 4.79 Å². The highest BCUT2D eigenvalue weighted by molar-refractivity contribution is 9.10. The molecule has 0 aliphatic heterocycles. The Morgan fingerprint density at radius 1 is 1.50 bits per heavy atom. The minimum atomic E-state index is -0.334. The van der Waals surface area contributed by atoms with Crippen molar-refractivity contribution in [3.8, 4) is 11.5 Å². The highest BCUT2D eigenvalue weighted by atomic mass is 79.9. The molecule has 1 aromatic carbocycles.